The van der Waals surface area contributed by atoms with Crippen LogP contribution < -0.4 is 10.6 Å². The van der Waals surface area contributed by atoms with E-state index in [9.17, 15) is 9.59 Å². The third-order valence-electron chi connectivity index (χ3n) is 2.03. The van der Waals surface area contributed by atoms with E-state index < -0.39 is 18.0 Å². The second-order valence-electron chi connectivity index (χ2n) is 3.43. The summed E-state index contributed by atoms with van der Waals surface area (Å²) in [6.07, 6.45) is 4.24. The fraction of sp³-hybridized carbons (Fsp3) is 0.800. The first-order valence-electron chi connectivity index (χ1n) is 5.38. The van der Waals surface area contributed by atoms with Gasteiger partial charge in [-0.2, -0.15) is 11.8 Å². The fourth-order valence-corrected chi connectivity index (χ4v) is 1.55. The summed E-state index contributed by atoms with van der Waals surface area (Å²) in [6, 6.07) is -1.20. The Hall–Kier alpha value is -0.910. The zero-order valence-corrected chi connectivity index (χ0v) is 10.6. The number of carbonyl (C=O) groups is 2. The van der Waals surface area contributed by atoms with E-state index in [1.165, 1.54) is 0 Å². The highest BCUT2D eigenvalue weighted by molar-refractivity contribution is 7.98. The number of rotatable bonds is 8. The van der Waals surface area contributed by atoms with Gasteiger partial charge in [0.25, 0.3) is 0 Å². The van der Waals surface area contributed by atoms with Gasteiger partial charge in [0.15, 0.2) is 0 Å². The van der Waals surface area contributed by atoms with Crippen LogP contribution >= 0.6 is 11.8 Å². The summed E-state index contributed by atoms with van der Waals surface area (Å²) in [7, 11) is 0. The zero-order valence-electron chi connectivity index (χ0n) is 9.78. The zero-order chi connectivity index (χ0) is 12.4. The molecule has 0 aromatic rings. The molecule has 3 N–H and O–H groups in total. The molecule has 0 aliphatic rings. The highest BCUT2D eigenvalue weighted by Crippen LogP contribution is 2.00. The standard InChI is InChI=1S/C10H20N2O3S/c1-3-4-6-11-10(15)12-8(9(13)14)5-7-16-2/h8H,3-7H2,1-2H3,(H,13,14)(H2,11,12,15)/t8-/m0/s1. The van der Waals surface area contributed by atoms with Gasteiger partial charge in [0.2, 0.25) is 0 Å². The van der Waals surface area contributed by atoms with Crippen LogP contribution in [-0.2, 0) is 4.79 Å². The van der Waals surface area contributed by atoms with Crippen molar-refractivity contribution in [3.05, 3.63) is 0 Å². The first kappa shape index (κ1) is 15.1. The Morgan fingerprint density at radius 3 is 2.62 bits per heavy atom. The van der Waals surface area contributed by atoms with Gasteiger partial charge in [-0.1, -0.05) is 13.3 Å². The molecule has 0 saturated heterocycles. The van der Waals surface area contributed by atoms with Crippen LogP contribution in [0.2, 0.25) is 0 Å². The molecule has 16 heavy (non-hydrogen) atoms. The van der Waals surface area contributed by atoms with Crippen molar-refractivity contribution >= 4 is 23.8 Å². The third kappa shape index (κ3) is 7.39. The molecule has 6 heteroatoms. The fourth-order valence-electron chi connectivity index (χ4n) is 1.08. The van der Waals surface area contributed by atoms with Gasteiger partial charge in [0.1, 0.15) is 6.04 Å². The Bertz CT molecular complexity index is 224. The number of carboxylic acids is 1. The number of urea groups is 1. The van der Waals surface area contributed by atoms with E-state index in [0.717, 1.165) is 12.8 Å². The molecule has 0 radical (unpaired) electrons. The largest absolute Gasteiger partial charge is 0.480 e. The van der Waals surface area contributed by atoms with E-state index in [2.05, 4.69) is 10.6 Å². The first-order valence-corrected chi connectivity index (χ1v) is 6.77. The molecule has 0 spiro atoms. The average Bonchev–Trinajstić information content (AvgIpc) is 2.24. The Balaban J connectivity index is 3.88. The van der Waals surface area contributed by atoms with Gasteiger partial charge in [-0.05, 0) is 24.9 Å². The van der Waals surface area contributed by atoms with Crippen LogP contribution in [0.3, 0.4) is 0 Å². The number of unbranched alkanes of at least 4 members (excludes halogenated alkanes) is 1. The van der Waals surface area contributed by atoms with Crippen LogP contribution in [0.5, 0.6) is 0 Å². The molecule has 0 aliphatic heterocycles. The average molecular weight is 248 g/mol. The lowest BCUT2D eigenvalue weighted by Crippen LogP contribution is -2.46. The lowest BCUT2D eigenvalue weighted by atomic mass is 10.2. The monoisotopic (exact) mass is 248 g/mol. The summed E-state index contributed by atoms with van der Waals surface area (Å²) in [6.45, 7) is 2.61. The predicted molar refractivity (Wildman–Crippen MR) is 65.9 cm³/mol. The van der Waals surface area contributed by atoms with Gasteiger partial charge in [-0.15, -0.1) is 0 Å². The van der Waals surface area contributed by atoms with Crippen LogP contribution in [0.15, 0.2) is 0 Å². The van der Waals surface area contributed by atoms with E-state index in [4.69, 9.17) is 5.11 Å². The van der Waals surface area contributed by atoms with Gasteiger partial charge in [-0.25, -0.2) is 9.59 Å². The van der Waals surface area contributed by atoms with E-state index in [1.807, 2.05) is 13.2 Å². The molecule has 0 aliphatic carbocycles. The van der Waals surface area contributed by atoms with Crippen LogP contribution in [0.1, 0.15) is 26.2 Å². The van der Waals surface area contributed by atoms with Crippen LogP contribution in [0, 0.1) is 0 Å². The van der Waals surface area contributed by atoms with Crippen molar-refractivity contribution < 1.29 is 14.7 Å². The summed E-state index contributed by atoms with van der Waals surface area (Å²) in [5.74, 6) is -0.272. The molecule has 0 aromatic heterocycles. The van der Waals surface area contributed by atoms with Gasteiger partial charge in [0.05, 0.1) is 0 Å². The number of carbonyl (C=O) groups excluding carboxylic acids is 1. The highest BCUT2D eigenvalue weighted by atomic mass is 32.2. The van der Waals surface area contributed by atoms with Crippen molar-refractivity contribution in [2.24, 2.45) is 0 Å². The lowest BCUT2D eigenvalue weighted by molar-refractivity contribution is -0.139. The molecule has 94 valence electrons. The van der Waals surface area contributed by atoms with Crippen molar-refractivity contribution in [2.45, 2.75) is 32.2 Å². The number of nitrogens with one attached hydrogen (secondary N) is 2. The smallest absolute Gasteiger partial charge is 0.326 e. The molecule has 1 atom stereocenters. The Morgan fingerprint density at radius 1 is 1.44 bits per heavy atom. The van der Waals surface area contributed by atoms with Gasteiger partial charge < -0.3 is 15.7 Å². The molecule has 5 nitrogen and oxygen atoms in total. The van der Waals surface area contributed by atoms with Crippen molar-refractivity contribution in [3.8, 4) is 0 Å². The quantitative estimate of drug-likeness (QED) is 0.566. The molecular weight excluding hydrogens is 228 g/mol. The summed E-state index contributed by atoms with van der Waals surface area (Å²) in [5, 5.41) is 13.9. The topological polar surface area (TPSA) is 78.4 Å². The van der Waals surface area contributed by atoms with Crippen LogP contribution in [0.4, 0.5) is 4.79 Å². The minimum Gasteiger partial charge on any atom is -0.480 e. The van der Waals surface area contributed by atoms with E-state index >= 15 is 0 Å². The van der Waals surface area contributed by atoms with Gasteiger partial charge in [-0.3, -0.25) is 0 Å². The summed E-state index contributed by atoms with van der Waals surface area (Å²) < 4.78 is 0. The molecule has 0 fully saturated rings. The molecule has 0 aromatic carbocycles. The molecule has 0 rings (SSSR count). The number of thioether (sulfide) groups is 1. The van der Waals surface area contributed by atoms with Crippen molar-refractivity contribution in [1.82, 2.24) is 10.6 Å². The van der Waals surface area contributed by atoms with Crippen LogP contribution in [-0.4, -0.2) is 41.7 Å². The second kappa shape index (κ2) is 9.33. The van der Waals surface area contributed by atoms with Gasteiger partial charge >= 0.3 is 12.0 Å². The molecular formula is C10H20N2O3S. The third-order valence-corrected chi connectivity index (χ3v) is 2.67. The molecule has 0 bridgehead atoms. The molecule has 0 saturated carbocycles. The second-order valence-corrected chi connectivity index (χ2v) is 4.41. The van der Waals surface area contributed by atoms with E-state index in [-0.39, 0.29) is 0 Å². The number of aliphatic carboxylic acids is 1. The van der Waals surface area contributed by atoms with Crippen molar-refractivity contribution in [1.29, 1.82) is 0 Å². The van der Waals surface area contributed by atoms with Gasteiger partial charge in [0, 0.05) is 6.54 Å². The van der Waals surface area contributed by atoms with E-state index in [0.29, 0.717) is 18.7 Å². The Kier molecular flexibility index (Phi) is 8.80. The highest BCUT2D eigenvalue weighted by Gasteiger charge is 2.18. The molecule has 0 heterocycles. The van der Waals surface area contributed by atoms with Crippen LogP contribution in [0.25, 0.3) is 0 Å². The first-order chi connectivity index (χ1) is 7.61. The maximum Gasteiger partial charge on any atom is 0.326 e. The Labute approximate surface area is 100 Å². The SMILES string of the molecule is CCCCNC(=O)N[C@@H](CCSC)C(=O)O. The number of hydrogen-bond donors (Lipinski definition) is 3. The maximum atomic E-state index is 11.3. The molecule has 2 amide bonds. The number of hydrogen-bond acceptors (Lipinski definition) is 3. The predicted octanol–water partition coefficient (Wildman–Crippen LogP) is 1.29. The van der Waals surface area contributed by atoms with Crippen molar-refractivity contribution in [3.63, 3.8) is 0 Å². The lowest BCUT2D eigenvalue weighted by Gasteiger charge is -2.14. The molecule has 0 unspecified atom stereocenters. The summed E-state index contributed by atoms with van der Waals surface area (Å²) in [4.78, 5) is 22.1. The Morgan fingerprint density at radius 2 is 2.12 bits per heavy atom. The maximum absolute atomic E-state index is 11.3. The number of carboxylic acid groups (broad SMARTS) is 1. The minimum atomic E-state index is -0.986. The van der Waals surface area contributed by atoms with Crippen molar-refractivity contribution in [2.75, 3.05) is 18.6 Å². The normalized spacial score (nSPS) is 11.9. The van der Waals surface area contributed by atoms with E-state index in [1.54, 1.807) is 11.8 Å². The number of amides is 2. The summed E-state index contributed by atoms with van der Waals surface area (Å²) >= 11 is 1.56. The minimum absolute atomic E-state index is 0.401. The summed E-state index contributed by atoms with van der Waals surface area (Å²) in [5.41, 5.74) is 0.